The van der Waals surface area contributed by atoms with Crippen molar-refractivity contribution in [1.29, 1.82) is 0 Å². The lowest BCUT2D eigenvalue weighted by atomic mass is 9.80. The van der Waals surface area contributed by atoms with E-state index in [2.05, 4.69) is 4.98 Å². The van der Waals surface area contributed by atoms with Gasteiger partial charge in [-0.3, -0.25) is 14.3 Å². The molecule has 0 bridgehead atoms. The molecule has 1 aliphatic heterocycles. The number of aromatic nitrogens is 2. The van der Waals surface area contributed by atoms with Crippen molar-refractivity contribution in [2.45, 2.75) is 31.0 Å². The molecule has 5 rings (SSSR count). The average Bonchev–Trinajstić information content (AvgIpc) is 3.30. The quantitative estimate of drug-likeness (QED) is 0.220. The van der Waals surface area contributed by atoms with Crippen LogP contribution in [0.25, 0.3) is 0 Å². The molecule has 1 aliphatic rings. The molecule has 1 N–H and O–H groups in total. The smallest absolute Gasteiger partial charge is 0.330 e. The number of rotatable bonds is 10. The number of ether oxygens (including phenoxy) is 3. The highest BCUT2D eigenvalue weighted by Crippen LogP contribution is 2.44. The lowest BCUT2D eigenvalue weighted by Gasteiger charge is -2.37. The first-order valence-electron chi connectivity index (χ1n) is 13.4. The largest absolute Gasteiger partial charge is 0.596 e. The number of halogens is 1. The molecule has 0 amide bonds. The predicted octanol–water partition coefficient (Wildman–Crippen LogP) is 3.82. The van der Waals surface area contributed by atoms with Gasteiger partial charge in [0.25, 0.3) is 5.56 Å². The van der Waals surface area contributed by atoms with Gasteiger partial charge in [0.2, 0.25) is 0 Å². The van der Waals surface area contributed by atoms with Crippen LogP contribution in [-0.2, 0) is 19.6 Å². The monoisotopic (exact) mass is 592 g/mol. The summed E-state index contributed by atoms with van der Waals surface area (Å²) in [6.07, 6.45) is -3.65. The Morgan fingerprint density at radius 3 is 2.10 bits per heavy atom. The fraction of sp³-hybridized carbons (Fsp3) is 0.290. The SMILES string of the molecule is COc1ccc(C(OC[C@H]2O[C@@H](n3cc(C)c(=O)[nH]c3=O)[C@H](F)[C@@H]2C[P+](=O)[O-])(c2ccccc2)c2ccccc2)cc1. The molecule has 0 radical (unpaired) electrons. The number of hydrogen-bond donors (Lipinski definition) is 1. The minimum absolute atomic E-state index is 0.184. The van der Waals surface area contributed by atoms with Crippen LogP contribution in [-0.4, -0.2) is 41.7 Å². The Hall–Kier alpha value is -3.95. The van der Waals surface area contributed by atoms with Gasteiger partial charge < -0.3 is 19.1 Å². The molecule has 0 spiro atoms. The second-order valence-corrected chi connectivity index (χ2v) is 11.2. The van der Waals surface area contributed by atoms with Gasteiger partial charge in [0.1, 0.15) is 11.4 Å². The average molecular weight is 593 g/mol. The third-order valence-corrected chi connectivity index (χ3v) is 8.29. The van der Waals surface area contributed by atoms with E-state index in [1.807, 2.05) is 84.9 Å². The van der Waals surface area contributed by atoms with E-state index in [-0.39, 0.29) is 12.2 Å². The highest BCUT2D eigenvalue weighted by molar-refractivity contribution is 7.36. The van der Waals surface area contributed by atoms with Crippen LogP contribution >= 0.6 is 8.03 Å². The summed E-state index contributed by atoms with van der Waals surface area (Å²) in [7, 11) is -1.41. The molecule has 218 valence electrons. The molecule has 4 aromatic rings. The zero-order chi connectivity index (χ0) is 29.9. The van der Waals surface area contributed by atoms with Gasteiger partial charge >= 0.3 is 13.7 Å². The number of aromatic amines is 1. The predicted molar refractivity (Wildman–Crippen MR) is 153 cm³/mol. The Balaban J connectivity index is 1.58. The minimum Gasteiger partial charge on any atom is -0.596 e. The number of nitrogens with zero attached hydrogens (tertiary/aromatic N) is 1. The second-order valence-electron chi connectivity index (χ2n) is 10.1. The third kappa shape index (κ3) is 5.71. The van der Waals surface area contributed by atoms with Gasteiger partial charge in [-0.25, -0.2) is 9.18 Å². The van der Waals surface area contributed by atoms with Crippen LogP contribution in [0.4, 0.5) is 4.39 Å². The van der Waals surface area contributed by atoms with Gasteiger partial charge in [-0.2, -0.15) is 0 Å². The number of nitrogens with one attached hydrogen (secondary N) is 1. The molecule has 9 nitrogen and oxygen atoms in total. The van der Waals surface area contributed by atoms with Crippen LogP contribution in [0.2, 0.25) is 0 Å². The summed E-state index contributed by atoms with van der Waals surface area (Å²) in [5.41, 5.74) is -0.144. The van der Waals surface area contributed by atoms with Gasteiger partial charge in [-0.15, -0.1) is 0 Å². The molecule has 0 saturated carbocycles. The van der Waals surface area contributed by atoms with Crippen molar-refractivity contribution in [2.24, 2.45) is 5.92 Å². The topological polar surface area (TPSA) is 123 Å². The summed E-state index contributed by atoms with van der Waals surface area (Å²) >= 11 is 0. The van der Waals surface area contributed by atoms with Crippen molar-refractivity contribution < 1.29 is 28.1 Å². The first-order valence-corrected chi connectivity index (χ1v) is 14.7. The minimum atomic E-state index is -2.98. The fourth-order valence-corrected chi connectivity index (χ4v) is 6.23. The Bertz CT molecular complexity index is 1600. The zero-order valence-corrected chi connectivity index (χ0v) is 23.9. The van der Waals surface area contributed by atoms with Gasteiger partial charge in [-0.05, 0) is 35.7 Å². The van der Waals surface area contributed by atoms with Gasteiger partial charge in [-0.1, -0.05) is 77.4 Å². The molecule has 11 heteroatoms. The normalized spacial score (nSPS) is 20.8. The Morgan fingerprint density at radius 2 is 1.55 bits per heavy atom. The molecule has 2 heterocycles. The van der Waals surface area contributed by atoms with Crippen molar-refractivity contribution in [3.05, 3.63) is 134 Å². The van der Waals surface area contributed by atoms with Crippen LogP contribution < -0.4 is 20.9 Å². The molecule has 5 atom stereocenters. The maximum absolute atomic E-state index is 15.9. The summed E-state index contributed by atoms with van der Waals surface area (Å²) in [5, 5.41) is 0. The van der Waals surface area contributed by atoms with Crippen molar-refractivity contribution in [3.8, 4) is 5.75 Å². The van der Waals surface area contributed by atoms with Gasteiger partial charge in [0, 0.05) is 11.8 Å². The van der Waals surface area contributed by atoms with E-state index in [1.54, 1.807) is 7.11 Å². The van der Waals surface area contributed by atoms with Crippen molar-refractivity contribution >= 4 is 8.03 Å². The maximum atomic E-state index is 15.9. The van der Waals surface area contributed by atoms with Crippen molar-refractivity contribution in [2.75, 3.05) is 19.9 Å². The van der Waals surface area contributed by atoms with E-state index in [9.17, 15) is 19.0 Å². The number of aryl methyl sites for hydroxylation is 1. The molecule has 42 heavy (non-hydrogen) atoms. The van der Waals surface area contributed by atoms with E-state index in [4.69, 9.17) is 14.2 Å². The Morgan fingerprint density at radius 1 is 0.976 bits per heavy atom. The fourth-order valence-electron chi connectivity index (χ4n) is 5.45. The molecule has 1 unspecified atom stereocenters. The van der Waals surface area contributed by atoms with Crippen LogP contribution in [0.5, 0.6) is 5.75 Å². The molecular formula is C31H30FN2O7P. The van der Waals surface area contributed by atoms with Crippen LogP contribution in [0.15, 0.2) is 101 Å². The first kappa shape index (κ1) is 29.5. The van der Waals surface area contributed by atoms with E-state index >= 15 is 4.39 Å². The highest BCUT2D eigenvalue weighted by Gasteiger charge is 2.50. The van der Waals surface area contributed by atoms with Crippen LogP contribution in [0.1, 0.15) is 28.5 Å². The third-order valence-electron chi connectivity index (χ3n) is 7.57. The second kappa shape index (κ2) is 12.5. The molecule has 1 aromatic heterocycles. The number of benzene rings is 3. The lowest BCUT2D eigenvalue weighted by Crippen LogP contribution is -2.38. The number of alkyl halides is 1. The summed E-state index contributed by atoms with van der Waals surface area (Å²) in [5.74, 6) is -0.479. The molecule has 3 aromatic carbocycles. The Kier molecular flexibility index (Phi) is 8.80. The van der Waals surface area contributed by atoms with Crippen molar-refractivity contribution in [3.63, 3.8) is 0 Å². The van der Waals surface area contributed by atoms with Crippen molar-refractivity contribution in [1.82, 2.24) is 9.55 Å². The molecule has 1 saturated heterocycles. The summed E-state index contributed by atoms with van der Waals surface area (Å²) in [6.45, 7) is 1.27. The summed E-state index contributed by atoms with van der Waals surface area (Å²) < 4.78 is 46.9. The van der Waals surface area contributed by atoms with E-state index < -0.39 is 55.5 Å². The van der Waals surface area contributed by atoms with E-state index in [0.717, 1.165) is 21.3 Å². The van der Waals surface area contributed by atoms with Gasteiger partial charge in [0.15, 0.2) is 18.6 Å². The number of hydrogen-bond acceptors (Lipinski definition) is 7. The van der Waals surface area contributed by atoms with Gasteiger partial charge in [0.05, 0.1) is 25.7 Å². The Labute approximate surface area is 242 Å². The maximum Gasteiger partial charge on any atom is 0.330 e. The number of H-pyrrole nitrogens is 1. The highest BCUT2D eigenvalue weighted by atomic mass is 31.1. The first-order chi connectivity index (χ1) is 20.2. The summed E-state index contributed by atoms with van der Waals surface area (Å²) in [6, 6.07) is 26.4. The zero-order valence-electron chi connectivity index (χ0n) is 23.0. The molecular weight excluding hydrogens is 562 g/mol. The standard InChI is InChI=1S/C31H30FN2O7P/c1-20-17-34(30(36)33-28(20)35)29-27(32)25(19-42(37)38)26(41-29)18-40-31(21-9-5-3-6-10-21,22-11-7-4-8-12-22)23-13-15-24(39-2)16-14-23/h3-17,25-27,29H,18-19H2,1-2H3,(H,33,35,36)/t25-,26-,27-,29-/m1/s1. The van der Waals surface area contributed by atoms with E-state index in [1.165, 1.54) is 13.1 Å². The van der Waals surface area contributed by atoms with Crippen LogP contribution in [0, 0.1) is 12.8 Å². The summed E-state index contributed by atoms with van der Waals surface area (Å²) in [4.78, 5) is 38.5. The molecule has 0 aliphatic carbocycles. The lowest BCUT2D eigenvalue weighted by molar-refractivity contribution is -0.165. The van der Waals surface area contributed by atoms with Crippen LogP contribution in [0.3, 0.4) is 0 Å². The molecule has 1 fully saturated rings. The van der Waals surface area contributed by atoms with E-state index in [0.29, 0.717) is 5.75 Å². The number of methoxy groups -OCH3 is 1.